The minimum atomic E-state index is -0.780. The minimum Gasteiger partial charge on any atom is -0.468 e. The summed E-state index contributed by atoms with van der Waals surface area (Å²) in [5, 5.41) is 0.633. The topological polar surface area (TPSA) is 65.2 Å². The average Bonchev–Trinajstić information content (AvgIpc) is 2.40. The molecule has 0 spiro atoms. The van der Waals surface area contributed by atoms with Crippen molar-refractivity contribution in [3.05, 3.63) is 40.2 Å². The predicted molar refractivity (Wildman–Crippen MR) is 80.3 cm³/mol. The van der Waals surface area contributed by atoms with Crippen molar-refractivity contribution < 1.29 is 13.9 Å². The fraction of sp³-hybridized carbons (Fsp3) is 0.231. The van der Waals surface area contributed by atoms with Crippen LogP contribution in [0.15, 0.2) is 28.9 Å². The molecule has 0 aliphatic rings. The molecule has 7 heteroatoms. The van der Waals surface area contributed by atoms with Crippen molar-refractivity contribution in [3.63, 3.8) is 0 Å². The van der Waals surface area contributed by atoms with Crippen LogP contribution in [-0.2, 0) is 16.0 Å². The fourth-order valence-electron chi connectivity index (χ4n) is 1.87. The first-order chi connectivity index (χ1) is 9.02. The number of carbonyl (C=O) groups excluding carboxylic acids is 1. The predicted octanol–water partition coefficient (Wildman–Crippen LogP) is 2.60. The van der Waals surface area contributed by atoms with Crippen LogP contribution in [0.25, 0.3) is 10.9 Å². The van der Waals surface area contributed by atoms with E-state index in [1.54, 1.807) is 12.1 Å². The molecule has 2 rings (SSSR count). The Kier molecular flexibility index (Phi) is 5.86. The highest BCUT2D eigenvalue weighted by molar-refractivity contribution is 9.10. The van der Waals surface area contributed by atoms with Gasteiger partial charge in [0.15, 0.2) is 0 Å². The maximum absolute atomic E-state index is 13.3. The SMILES string of the molecule is COC(=O)C(N)Cc1ccc(Br)c2ncc(F)cc12.Cl. The Balaban J connectivity index is 0.00000200. The molecule has 1 heterocycles. The van der Waals surface area contributed by atoms with Crippen molar-refractivity contribution in [1.82, 2.24) is 4.98 Å². The molecule has 0 saturated heterocycles. The van der Waals surface area contributed by atoms with Crippen LogP contribution in [-0.4, -0.2) is 24.1 Å². The van der Waals surface area contributed by atoms with Gasteiger partial charge in [-0.2, -0.15) is 0 Å². The summed E-state index contributed by atoms with van der Waals surface area (Å²) in [4.78, 5) is 15.4. The molecule has 0 radical (unpaired) electrons. The Bertz CT molecular complexity index is 639. The molecular weight excluding hydrogens is 351 g/mol. The molecule has 4 nitrogen and oxygen atoms in total. The molecule has 0 aliphatic carbocycles. The Morgan fingerprint density at radius 3 is 2.90 bits per heavy atom. The van der Waals surface area contributed by atoms with Crippen LogP contribution in [0.1, 0.15) is 5.56 Å². The quantitative estimate of drug-likeness (QED) is 0.851. The highest BCUT2D eigenvalue weighted by Crippen LogP contribution is 2.26. The average molecular weight is 364 g/mol. The summed E-state index contributed by atoms with van der Waals surface area (Å²) in [6.45, 7) is 0. The van der Waals surface area contributed by atoms with E-state index in [4.69, 9.17) is 5.73 Å². The summed E-state index contributed by atoms with van der Waals surface area (Å²) in [5.41, 5.74) is 7.11. The Morgan fingerprint density at radius 1 is 1.55 bits per heavy atom. The van der Waals surface area contributed by atoms with Gasteiger partial charge in [-0.15, -0.1) is 12.4 Å². The molecular formula is C13H13BrClFN2O2. The number of nitrogens with two attached hydrogens (primary N) is 1. The van der Waals surface area contributed by atoms with Gasteiger partial charge in [0.1, 0.15) is 11.9 Å². The van der Waals surface area contributed by atoms with Crippen molar-refractivity contribution in [1.29, 1.82) is 0 Å². The number of carbonyl (C=O) groups is 1. The van der Waals surface area contributed by atoms with E-state index in [-0.39, 0.29) is 18.8 Å². The molecule has 0 amide bonds. The van der Waals surface area contributed by atoms with Crippen LogP contribution in [0.5, 0.6) is 0 Å². The summed E-state index contributed by atoms with van der Waals surface area (Å²) >= 11 is 3.36. The first-order valence-corrected chi connectivity index (χ1v) is 6.38. The van der Waals surface area contributed by atoms with Crippen molar-refractivity contribution in [2.45, 2.75) is 12.5 Å². The lowest BCUT2D eigenvalue weighted by atomic mass is 10.0. The van der Waals surface area contributed by atoms with Crippen LogP contribution < -0.4 is 5.73 Å². The van der Waals surface area contributed by atoms with Gasteiger partial charge in [0.2, 0.25) is 0 Å². The molecule has 1 aromatic heterocycles. The Hall–Kier alpha value is -1.24. The number of fused-ring (bicyclic) bond motifs is 1. The van der Waals surface area contributed by atoms with E-state index < -0.39 is 17.8 Å². The molecule has 0 aliphatic heterocycles. The summed E-state index contributed by atoms with van der Waals surface area (Å²) in [5.74, 6) is -0.932. The van der Waals surface area contributed by atoms with Gasteiger partial charge in [-0.3, -0.25) is 9.78 Å². The molecule has 0 bridgehead atoms. The number of esters is 1. The Labute approximate surface area is 130 Å². The van der Waals surface area contributed by atoms with E-state index in [1.165, 1.54) is 13.2 Å². The third kappa shape index (κ3) is 3.45. The molecule has 1 aromatic carbocycles. The molecule has 2 N–H and O–H groups in total. The number of benzene rings is 1. The summed E-state index contributed by atoms with van der Waals surface area (Å²) < 4.78 is 18.7. The van der Waals surface area contributed by atoms with Gasteiger partial charge in [-0.1, -0.05) is 6.07 Å². The highest BCUT2D eigenvalue weighted by atomic mass is 79.9. The lowest BCUT2D eigenvalue weighted by Gasteiger charge is -2.12. The maximum Gasteiger partial charge on any atom is 0.322 e. The number of methoxy groups -OCH3 is 1. The second-order valence-electron chi connectivity index (χ2n) is 4.09. The normalized spacial score (nSPS) is 11.8. The number of pyridine rings is 1. The van der Waals surface area contributed by atoms with Gasteiger partial charge in [-0.25, -0.2) is 4.39 Å². The highest BCUT2D eigenvalue weighted by Gasteiger charge is 2.16. The third-order valence-corrected chi connectivity index (χ3v) is 3.44. The van der Waals surface area contributed by atoms with Crippen LogP contribution in [0, 0.1) is 5.82 Å². The zero-order valence-corrected chi connectivity index (χ0v) is 13.0. The first-order valence-electron chi connectivity index (χ1n) is 5.59. The van der Waals surface area contributed by atoms with Crippen molar-refractivity contribution in [2.24, 2.45) is 5.73 Å². The maximum atomic E-state index is 13.3. The van der Waals surface area contributed by atoms with Gasteiger partial charge >= 0.3 is 5.97 Å². The number of rotatable bonds is 3. The molecule has 1 unspecified atom stereocenters. The second-order valence-corrected chi connectivity index (χ2v) is 4.94. The van der Waals surface area contributed by atoms with E-state index >= 15 is 0 Å². The zero-order chi connectivity index (χ0) is 14.0. The minimum absolute atomic E-state index is 0. The number of aromatic nitrogens is 1. The van der Waals surface area contributed by atoms with Gasteiger partial charge < -0.3 is 10.5 Å². The van der Waals surface area contributed by atoms with E-state index in [0.717, 1.165) is 16.2 Å². The lowest BCUT2D eigenvalue weighted by Crippen LogP contribution is -2.33. The van der Waals surface area contributed by atoms with Gasteiger partial charge in [0.25, 0.3) is 0 Å². The smallest absolute Gasteiger partial charge is 0.322 e. The number of hydrogen-bond acceptors (Lipinski definition) is 4. The van der Waals surface area contributed by atoms with E-state index in [9.17, 15) is 9.18 Å². The van der Waals surface area contributed by atoms with E-state index in [0.29, 0.717) is 10.9 Å². The lowest BCUT2D eigenvalue weighted by molar-refractivity contribution is -0.142. The first kappa shape index (κ1) is 16.8. The molecule has 108 valence electrons. The molecule has 0 saturated carbocycles. The summed E-state index contributed by atoms with van der Waals surface area (Å²) in [6, 6.07) is 4.19. The van der Waals surface area contributed by atoms with E-state index in [2.05, 4.69) is 25.7 Å². The van der Waals surface area contributed by atoms with E-state index in [1.807, 2.05) is 0 Å². The van der Waals surface area contributed by atoms with Crippen LogP contribution in [0.2, 0.25) is 0 Å². The van der Waals surface area contributed by atoms with Crippen LogP contribution in [0.4, 0.5) is 4.39 Å². The van der Waals surface area contributed by atoms with Gasteiger partial charge in [0.05, 0.1) is 18.8 Å². The standard InChI is InChI=1S/C13H12BrFN2O2.ClH/c1-19-13(18)11(16)4-7-2-3-10(14)12-9(7)5-8(15)6-17-12;/h2-3,5-6,11H,4,16H2,1H3;1H. The van der Waals surface area contributed by atoms with Gasteiger partial charge in [-0.05, 0) is 40.0 Å². The molecule has 1 atom stereocenters. The fourth-order valence-corrected chi connectivity index (χ4v) is 2.31. The Morgan fingerprint density at radius 2 is 2.25 bits per heavy atom. The second kappa shape index (κ2) is 6.97. The third-order valence-electron chi connectivity index (χ3n) is 2.80. The van der Waals surface area contributed by atoms with Crippen LogP contribution >= 0.6 is 28.3 Å². The number of hydrogen-bond donors (Lipinski definition) is 1. The molecule has 20 heavy (non-hydrogen) atoms. The van der Waals surface area contributed by atoms with Crippen molar-refractivity contribution >= 4 is 45.2 Å². The van der Waals surface area contributed by atoms with Crippen molar-refractivity contribution in [3.8, 4) is 0 Å². The number of nitrogens with zero attached hydrogens (tertiary/aromatic N) is 1. The van der Waals surface area contributed by atoms with Crippen LogP contribution in [0.3, 0.4) is 0 Å². The monoisotopic (exact) mass is 362 g/mol. The summed E-state index contributed by atoms with van der Waals surface area (Å²) in [7, 11) is 1.28. The number of halogens is 3. The van der Waals surface area contributed by atoms with Crippen molar-refractivity contribution in [2.75, 3.05) is 7.11 Å². The number of ether oxygens (including phenoxy) is 1. The summed E-state index contributed by atoms with van der Waals surface area (Å²) in [6.07, 6.45) is 1.42. The zero-order valence-electron chi connectivity index (χ0n) is 10.6. The molecule has 2 aromatic rings. The van der Waals surface area contributed by atoms with Gasteiger partial charge in [0, 0.05) is 9.86 Å². The largest absolute Gasteiger partial charge is 0.468 e. The molecule has 0 fully saturated rings.